The molecule has 2 aliphatic heterocycles. The minimum absolute atomic E-state index is 0.106. The average Bonchev–Trinajstić information content (AvgIpc) is 3.18. The summed E-state index contributed by atoms with van der Waals surface area (Å²) in [4.78, 5) is 17.2. The zero-order valence-electron chi connectivity index (χ0n) is 17.2. The molecule has 0 N–H and O–H groups in total. The van der Waals surface area contributed by atoms with Crippen LogP contribution in [0.15, 0.2) is 72.9 Å². The Hall–Kier alpha value is -3.08. The highest BCUT2D eigenvalue weighted by atomic mass is 19.1. The van der Waals surface area contributed by atoms with E-state index in [2.05, 4.69) is 29.2 Å². The molecule has 5 rings (SSSR count). The van der Waals surface area contributed by atoms with E-state index in [0.717, 1.165) is 43.9 Å². The quantitative estimate of drug-likeness (QED) is 0.637. The van der Waals surface area contributed by atoms with Crippen LogP contribution in [0.3, 0.4) is 0 Å². The van der Waals surface area contributed by atoms with E-state index in [0.29, 0.717) is 0 Å². The van der Waals surface area contributed by atoms with Crippen LogP contribution in [0.5, 0.6) is 0 Å². The molecule has 0 bridgehead atoms. The summed E-state index contributed by atoms with van der Waals surface area (Å²) in [7, 11) is 1.91. The lowest BCUT2D eigenvalue weighted by Gasteiger charge is -2.61. The Kier molecular flexibility index (Phi) is 4.61. The first-order chi connectivity index (χ1) is 14.6. The molecule has 30 heavy (non-hydrogen) atoms. The fourth-order valence-electron chi connectivity index (χ4n) is 5.23. The number of benzene rings is 2. The first-order valence-corrected chi connectivity index (χ1v) is 10.6. The fourth-order valence-corrected chi connectivity index (χ4v) is 5.23. The van der Waals surface area contributed by atoms with Crippen molar-refractivity contribution >= 4 is 11.6 Å². The zero-order valence-corrected chi connectivity index (χ0v) is 17.2. The Morgan fingerprint density at radius 3 is 2.43 bits per heavy atom. The molecular formula is C25H26FN3O. The Bertz CT molecular complexity index is 1050. The predicted molar refractivity (Wildman–Crippen MR) is 116 cm³/mol. The van der Waals surface area contributed by atoms with Crippen LogP contribution in [0.25, 0.3) is 0 Å². The molecule has 1 unspecified atom stereocenters. The van der Waals surface area contributed by atoms with Crippen LogP contribution in [0, 0.1) is 11.2 Å². The zero-order chi connectivity index (χ0) is 20.7. The number of nitrogens with zero attached hydrogens (tertiary/aromatic N) is 3. The van der Waals surface area contributed by atoms with E-state index in [9.17, 15) is 9.18 Å². The van der Waals surface area contributed by atoms with Crippen LogP contribution in [0.2, 0.25) is 0 Å². The number of halogens is 1. The van der Waals surface area contributed by atoms with Gasteiger partial charge in [-0.05, 0) is 48.7 Å². The SMILES string of the molecule is Cn1cccc1C(=O)N1CCC2(CC1)CN(c1cccc(F)c1)C2c1ccccc1. The van der Waals surface area contributed by atoms with Crippen molar-refractivity contribution in [1.82, 2.24) is 9.47 Å². The third-order valence-corrected chi connectivity index (χ3v) is 6.84. The third-order valence-electron chi connectivity index (χ3n) is 6.84. The maximum absolute atomic E-state index is 13.9. The van der Waals surface area contributed by atoms with Crippen molar-refractivity contribution in [2.24, 2.45) is 12.5 Å². The second-order valence-corrected chi connectivity index (χ2v) is 8.58. The summed E-state index contributed by atoms with van der Waals surface area (Å²) in [5.74, 6) is -0.0989. The van der Waals surface area contributed by atoms with Gasteiger partial charge in [-0.2, -0.15) is 0 Å². The molecule has 2 aliphatic rings. The van der Waals surface area contributed by atoms with Crippen molar-refractivity contribution in [1.29, 1.82) is 0 Å². The van der Waals surface area contributed by atoms with Gasteiger partial charge in [-0.3, -0.25) is 4.79 Å². The lowest BCUT2D eigenvalue weighted by atomic mass is 9.63. The topological polar surface area (TPSA) is 28.5 Å². The van der Waals surface area contributed by atoms with Crippen molar-refractivity contribution in [3.05, 3.63) is 90.0 Å². The summed E-state index contributed by atoms with van der Waals surface area (Å²) >= 11 is 0. The van der Waals surface area contributed by atoms with Crippen molar-refractivity contribution in [2.75, 3.05) is 24.5 Å². The number of hydrogen-bond acceptors (Lipinski definition) is 2. The Morgan fingerprint density at radius 2 is 1.77 bits per heavy atom. The number of aryl methyl sites for hydroxylation is 1. The monoisotopic (exact) mass is 403 g/mol. The highest BCUT2D eigenvalue weighted by Gasteiger charge is 2.54. The summed E-state index contributed by atoms with van der Waals surface area (Å²) in [6.45, 7) is 2.40. The van der Waals surface area contributed by atoms with Gasteiger partial charge in [0.2, 0.25) is 0 Å². The van der Waals surface area contributed by atoms with Gasteiger partial charge in [0.05, 0.1) is 6.04 Å². The van der Waals surface area contributed by atoms with Crippen molar-refractivity contribution in [2.45, 2.75) is 18.9 Å². The number of hydrogen-bond donors (Lipinski definition) is 0. The fraction of sp³-hybridized carbons (Fsp3) is 0.320. The van der Waals surface area contributed by atoms with Gasteiger partial charge in [0.15, 0.2) is 0 Å². The van der Waals surface area contributed by atoms with Gasteiger partial charge < -0.3 is 14.4 Å². The molecule has 1 amide bonds. The van der Waals surface area contributed by atoms with Crippen molar-refractivity contribution in [3.8, 4) is 0 Å². The van der Waals surface area contributed by atoms with Gasteiger partial charge in [0.25, 0.3) is 5.91 Å². The molecule has 2 saturated heterocycles. The normalized spacial score (nSPS) is 20.3. The van der Waals surface area contributed by atoms with E-state index < -0.39 is 0 Å². The molecular weight excluding hydrogens is 377 g/mol. The lowest BCUT2D eigenvalue weighted by Crippen LogP contribution is -2.62. The lowest BCUT2D eigenvalue weighted by molar-refractivity contribution is 0.0266. The van der Waals surface area contributed by atoms with Crippen molar-refractivity contribution in [3.63, 3.8) is 0 Å². The summed E-state index contributed by atoms with van der Waals surface area (Å²) in [6.07, 6.45) is 3.82. The summed E-state index contributed by atoms with van der Waals surface area (Å²) in [6, 6.07) is 21.4. The maximum Gasteiger partial charge on any atom is 0.270 e. The van der Waals surface area contributed by atoms with Crippen LogP contribution in [0.4, 0.5) is 10.1 Å². The molecule has 0 aliphatic carbocycles. The number of amides is 1. The smallest absolute Gasteiger partial charge is 0.270 e. The predicted octanol–water partition coefficient (Wildman–Crippen LogP) is 4.65. The van der Waals surface area contributed by atoms with Crippen LogP contribution < -0.4 is 4.90 Å². The molecule has 2 aromatic carbocycles. The minimum Gasteiger partial charge on any atom is -0.363 e. The van der Waals surface area contributed by atoms with Crippen molar-refractivity contribution < 1.29 is 9.18 Å². The van der Waals surface area contributed by atoms with Gasteiger partial charge in [-0.25, -0.2) is 4.39 Å². The molecule has 1 atom stereocenters. The number of likely N-dealkylation sites (tertiary alicyclic amines) is 1. The highest BCUT2D eigenvalue weighted by molar-refractivity contribution is 5.92. The number of carbonyl (C=O) groups is 1. The van der Waals surface area contributed by atoms with Gasteiger partial charge in [0, 0.05) is 44.0 Å². The minimum atomic E-state index is -0.205. The molecule has 3 heterocycles. The van der Waals surface area contributed by atoms with Crippen LogP contribution in [-0.4, -0.2) is 35.0 Å². The number of rotatable bonds is 3. The molecule has 1 spiro atoms. The number of carbonyl (C=O) groups excluding carboxylic acids is 1. The van der Waals surface area contributed by atoms with E-state index in [1.54, 1.807) is 12.1 Å². The molecule has 1 aromatic heterocycles. The molecule has 0 radical (unpaired) electrons. The second-order valence-electron chi connectivity index (χ2n) is 8.58. The summed E-state index contributed by atoms with van der Waals surface area (Å²) in [5, 5.41) is 0. The molecule has 5 heteroatoms. The second kappa shape index (κ2) is 7.31. The Labute approximate surface area is 176 Å². The summed E-state index contributed by atoms with van der Waals surface area (Å²) < 4.78 is 15.8. The van der Waals surface area contributed by atoms with E-state index in [4.69, 9.17) is 0 Å². The standard InChI is InChI=1S/C25H26FN3O/c1-27-14-6-11-22(27)24(30)28-15-12-25(13-16-28)18-29(21-10-5-9-20(26)17-21)23(25)19-7-3-2-4-8-19/h2-11,14,17,23H,12-13,15-16,18H2,1H3. The average molecular weight is 404 g/mol. The summed E-state index contributed by atoms with van der Waals surface area (Å²) in [5.41, 5.74) is 3.03. The van der Waals surface area contributed by atoms with Gasteiger partial charge >= 0.3 is 0 Å². The van der Waals surface area contributed by atoms with Gasteiger partial charge in [0.1, 0.15) is 11.5 Å². The van der Waals surface area contributed by atoms with E-state index in [1.165, 1.54) is 11.6 Å². The molecule has 0 saturated carbocycles. The first-order valence-electron chi connectivity index (χ1n) is 10.6. The van der Waals surface area contributed by atoms with Crippen LogP contribution in [0.1, 0.15) is 34.9 Å². The maximum atomic E-state index is 13.9. The number of piperidine rings is 1. The molecule has 3 aromatic rings. The van der Waals surface area contributed by atoms with Gasteiger partial charge in [-0.1, -0.05) is 36.4 Å². The van der Waals surface area contributed by atoms with Gasteiger partial charge in [-0.15, -0.1) is 0 Å². The van der Waals surface area contributed by atoms with E-state index in [-0.39, 0.29) is 23.2 Å². The van der Waals surface area contributed by atoms with E-state index >= 15 is 0 Å². The first kappa shape index (κ1) is 18.9. The van der Waals surface area contributed by atoms with Crippen LogP contribution >= 0.6 is 0 Å². The Balaban J connectivity index is 1.39. The highest BCUT2D eigenvalue weighted by Crippen LogP contribution is 2.56. The molecule has 4 nitrogen and oxygen atoms in total. The molecule has 154 valence electrons. The number of aromatic nitrogens is 1. The largest absolute Gasteiger partial charge is 0.363 e. The Morgan fingerprint density at radius 1 is 1.00 bits per heavy atom. The van der Waals surface area contributed by atoms with Crippen LogP contribution in [-0.2, 0) is 7.05 Å². The number of anilines is 1. The van der Waals surface area contributed by atoms with E-state index in [1.807, 2.05) is 47.0 Å². The molecule has 2 fully saturated rings. The third kappa shape index (κ3) is 3.09.